The first-order valence-corrected chi connectivity index (χ1v) is 3.21. The van der Waals surface area contributed by atoms with Crippen LogP contribution in [-0.2, 0) is 9.59 Å². The Kier molecular flexibility index (Phi) is 4.02. The molecule has 0 rings (SSSR count). The van der Waals surface area contributed by atoms with E-state index in [0.717, 1.165) is 0 Å². The van der Waals surface area contributed by atoms with Crippen LogP contribution in [0.2, 0.25) is 0 Å². The number of hydrogen-bond acceptors (Lipinski definition) is 4. The van der Waals surface area contributed by atoms with Crippen LogP contribution in [0.25, 0.3) is 0 Å². The zero-order valence-electron chi connectivity index (χ0n) is 6.11. The van der Waals surface area contributed by atoms with E-state index >= 15 is 0 Å². The summed E-state index contributed by atoms with van der Waals surface area (Å²) in [5.41, 5.74) is 0. The molecule has 1 atom stereocenters. The number of carboxylic acid groups (broad SMARTS) is 1. The average molecular weight is 159 g/mol. The van der Waals surface area contributed by atoms with Crippen LogP contribution in [0.5, 0.6) is 0 Å². The third-order valence-corrected chi connectivity index (χ3v) is 1.14. The van der Waals surface area contributed by atoms with Crippen molar-refractivity contribution in [2.75, 3.05) is 0 Å². The Morgan fingerprint density at radius 3 is 2.36 bits per heavy atom. The highest BCUT2D eigenvalue weighted by atomic mass is 16.4. The summed E-state index contributed by atoms with van der Waals surface area (Å²) in [5, 5.41) is 10.5. The molecular weight excluding hydrogens is 150 g/mol. The molecule has 0 amide bonds. The number of carbonyl (C=O) groups is 2. The van der Waals surface area contributed by atoms with Crippen molar-refractivity contribution in [1.29, 1.82) is 0 Å². The van der Waals surface area contributed by atoms with Gasteiger partial charge in [0.25, 0.3) is 0 Å². The highest BCUT2D eigenvalue weighted by Crippen LogP contribution is 1.99. The Bertz CT molecular complexity index is 177. The van der Waals surface area contributed by atoms with E-state index in [1.165, 1.54) is 0 Å². The molecule has 0 spiro atoms. The van der Waals surface area contributed by atoms with Crippen LogP contribution >= 0.6 is 0 Å². The molecule has 1 N–H and O–H groups in total. The third-order valence-electron chi connectivity index (χ3n) is 1.14. The van der Waals surface area contributed by atoms with Crippen molar-refractivity contribution in [1.82, 2.24) is 0 Å². The van der Waals surface area contributed by atoms with Crippen molar-refractivity contribution in [3.05, 3.63) is 4.91 Å². The normalized spacial score (nSPS) is 12.1. The van der Waals surface area contributed by atoms with Crippen LogP contribution in [0.1, 0.15) is 19.8 Å². The van der Waals surface area contributed by atoms with Gasteiger partial charge in [-0.1, -0.05) is 6.92 Å². The van der Waals surface area contributed by atoms with E-state index in [0.29, 0.717) is 6.42 Å². The first-order chi connectivity index (χ1) is 5.13. The number of carbonyl (C=O) groups excluding carboxylic acids is 1. The number of Topliss-reactive ketones (excluding diaryl/α,β-unsaturated/α-hetero) is 1. The third kappa shape index (κ3) is 2.88. The number of aliphatic carboxylic acids is 1. The number of rotatable bonds is 5. The molecule has 1 unspecified atom stereocenters. The lowest BCUT2D eigenvalue weighted by atomic mass is 10.1. The molecule has 11 heavy (non-hydrogen) atoms. The summed E-state index contributed by atoms with van der Waals surface area (Å²) in [4.78, 5) is 30.7. The zero-order valence-corrected chi connectivity index (χ0v) is 6.11. The van der Waals surface area contributed by atoms with E-state index in [1.54, 1.807) is 6.92 Å². The molecule has 0 fully saturated rings. The monoisotopic (exact) mass is 159 g/mol. The van der Waals surface area contributed by atoms with E-state index in [1.807, 2.05) is 0 Å². The summed E-state index contributed by atoms with van der Waals surface area (Å²) in [6.45, 7) is 1.72. The van der Waals surface area contributed by atoms with Gasteiger partial charge in [-0.15, -0.1) is 4.91 Å². The second-order valence-electron chi connectivity index (χ2n) is 2.06. The maximum Gasteiger partial charge on any atom is 0.339 e. The van der Waals surface area contributed by atoms with Gasteiger partial charge < -0.3 is 5.11 Å². The van der Waals surface area contributed by atoms with Gasteiger partial charge in [-0.3, -0.25) is 4.79 Å². The maximum atomic E-state index is 10.7. The smallest absolute Gasteiger partial charge is 0.339 e. The molecule has 0 aromatic heterocycles. The first kappa shape index (κ1) is 9.74. The lowest BCUT2D eigenvalue weighted by Gasteiger charge is -1.99. The minimum absolute atomic E-state index is 0.0860. The minimum atomic E-state index is -1.71. The van der Waals surface area contributed by atoms with Crippen LogP contribution in [-0.4, -0.2) is 22.9 Å². The van der Waals surface area contributed by atoms with Crippen molar-refractivity contribution in [3.8, 4) is 0 Å². The molecule has 0 saturated heterocycles. The average Bonchev–Trinajstić information content (AvgIpc) is 1.88. The lowest BCUT2D eigenvalue weighted by molar-refractivity contribution is -0.142. The van der Waals surface area contributed by atoms with Crippen molar-refractivity contribution >= 4 is 11.8 Å². The molecule has 0 bridgehead atoms. The summed E-state index contributed by atoms with van der Waals surface area (Å²) in [6.07, 6.45) is 0.612. The maximum absolute atomic E-state index is 10.7. The fourth-order valence-electron chi connectivity index (χ4n) is 0.625. The van der Waals surface area contributed by atoms with Gasteiger partial charge in [0.2, 0.25) is 6.04 Å². The molecule has 5 nitrogen and oxygen atoms in total. The van der Waals surface area contributed by atoms with Crippen molar-refractivity contribution in [2.45, 2.75) is 25.8 Å². The molecule has 0 radical (unpaired) electrons. The SMILES string of the molecule is CCCC(=O)C(N=O)C(=O)O. The fraction of sp³-hybridized carbons (Fsp3) is 0.667. The topological polar surface area (TPSA) is 83.8 Å². The molecule has 5 heteroatoms. The van der Waals surface area contributed by atoms with E-state index in [2.05, 4.69) is 5.18 Å². The summed E-state index contributed by atoms with van der Waals surface area (Å²) < 4.78 is 0. The van der Waals surface area contributed by atoms with E-state index in [9.17, 15) is 14.5 Å². The molecular formula is C6H9NO4. The van der Waals surface area contributed by atoms with E-state index in [4.69, 9.17) is 5.11 Å². The standard InChI is InChI=1S/C6H9NO4/c1-2-3-4(8)5(7-11)6(9)10/h5H,2-3H2,1H3,(H,9,10). The van der Waals surface area contributed by atoms with Crippen LogP contribution in [0.3, 0.4) is 0 Å². The van der Waals surface area contributed by atoms with Crippen molar-refractivity contribution < 1.29 is 14.7 Å². The van der Waals surface area contributed by atoms with Gasteiger partial charge in [0, 0.05) is 6.42 Å². The van der Waals surface area contributed by atoms with E-state index < -0.39 is 17.8 Å². The molecule has 0 aliphatic carbocycles. The molecule has 0 aliphatic rings. The van der Waals surface area contributed by atoms with Crippen LogP contribution in [0.4, 0.5) is 0 Å². The summed E-state index contributed by atoms with van der Waals surface area (Å²) >= 11 is 0. The number of carboxylic acids is 1. The number of ketones is 1. The quantitative estimate of drug-likeness (QED) is 0.469. The summed E-state index contributed by atoms with van der Waals surface area (Å²) in [6, 6.07) is -1.71. The van der Waals surface area contributed by atoms with Crippen LogP contribution < -0.4 is 0 Å². The molecule has 0 aromatic carbocycles. The Morgan fingerprint density at radius 2 is 2.09 bits per heavy atom. The van der Waals surface area contributed by atoms with Gasteiger partial charge in [0.05, 0.1) is 0 Å². The Balaban J connectivity index is 4.14. The van der Waals surface area contributed by atoms with Crippen molar-refractivity contribution in [3.63, 3.8) is 0 Å². The Labute approximate surface area is 63.4 Å². The number of nitrogens with zero attached hydrogens (tertiary/aromatic N) is 1. The molecule has 0 aliphatic heterocycles. The van der Waals surface area contributed by atoms with Gasteiger partial charge in [0.15, 0.2) is 5.78 Å². The molecule has 0 heterocycles. The zero-order chi connectivity index (χ0) is 8.85. The second kappa shape index (κ2) is 4.54. The Morgan fingerprint density at radius 1 is 1.55 bits per heavy atom. The van der Waals surface area contributed by atoms with Crippen LogP contribution in [0, 0.1) is 4.91 Å². The van der Waals surface area contributed by atoms with E-state index in [-0.39, 0.29) is 6.42 Å². The van der Waals surface area contributed by atoms with Gasteiger partial charge in [-0.05, 0) is 11.6 Å². The predicted octanol–water partition coefficient (Wildman–Crippen LogP) is 0.575. The number of hydrogen-bond donors (Lipinski definition) is 1. The summed E-state index contributed by atoms with van der Waals surface area (Å²) in [7, 11) is 0. The van der Waals surface area contributed by atoms with Gasteiger partial charge in [-0.2, -0.15) is 0 Å². The summed E-state index contributed by atoms with van der Waals surface area (Å²) in [5.74, 6) is -2.10. The highest BCUT2D eigenvalue weighted by molar-refractivity contribution is 6.02. The second-order valence-corrected chi connectivity index (χ2v) is 2.06. The van der Waals surface area contributed by atoms with Gasteiger partial charge in [0.1, 0.15) is 0 Å². The number of nitroso groups, excluding NO2 is 1. The molecule has 0 saturated carbocycles. The van der Waals surface area contributed by atoms with Gasteiger partial charge in [-0.25, -0.2) is 4.79 Å². The predicted molar refractivity (Wildman–Crippen MR) is 37.1 cm³/mol. The first-order valence-electron chi connectivity index (χ1n) is 3.21. The minimum Gasteiger partial charge on any atom is -0.479 e. The lowest BCUT2D eigenvalue weighted by Crippen LogP contribution is -2.27. The van der Waals surface area contributed by atoms with Crippen molar-refractivity contribution in [2.24, 2.45) is 5.18 Å². The molecule has 0 aromatic rings. The highest BCUT2D eigenvalue weighted by Gasteiger charge is 2.25. The fourth-order valence-corrected chi connectivity index (χ4v) is 0.625. The largest absolute Gasteiger partial charge is 0.479 e. The van der Waals surface area contributed by atoms with Crippen LogP contribution in [0.15, 0.2) is 5.18 Å². The van der Waals surface area contributed by atoms with Gasteiger partial charge >= 0.3 is 5.97 Å². The Hall–Kier alpha value is -1.26. The molecule has 62 valence electrons.